The quantitative estimate of drug-likeness (QED) is 0.810. The molecule has 0 aliphatic carbocycles. The number of halogens is 1. The van der Waals surface area contributed by atoms with E-state index in [9.17, 15) is 13.2 Å². The Balaban J connectivity index is 2.18. The van der Waals surface area contributed by atoms with Crippen molar-refractivity contribution < 1.29 is 22.7 Å². The molecule has 1 aliphatic rings. The van der Waals surface area contributed by atoms with Crippen LogP contribution in [0, 0.1) is 6.92 Å². The summed E-state index contributed by atoms with van der Waals surface area (Å²) in [5, 5.41) is 0.548. The zero-order valence-corrected chi connectivity index (χ0v) is 16.5. The summed E-state index contributed by atoms with van der Waals surface area (Å²) in [5.41, 5.74) is 2.81. The van der Waals surface area contributed by atoms with Crippen LogP contribution in [-0.4, -0.2) is 39.3 Å². The highest BCUT2D eigenvalue weighted by Crippen LogP contribution is 2.42. The number of quaternary nitrogens is 1. The van der Waals surface area contributed by atoms with Crippen molar-refractivity contribution in [2.75, 3.05) is 25.1 Å². The molecule has 1 N–H and O–H groups in total. The zero-order chi connectivity index (χ0) is 19.3. The van der Waals surface area contributed by atoms with Crippen molar-refractivity contribution in [3.63, 3.8) is 0 Å². The summed E-state index contributed by atoms with van der Waals surface area (Å²) in [6.07, 6.45) is 1.08. The SMILES string of the molecule is Cc1ccc(Cl)cc1C1C(=O)[N+](C)(C)Oc2cc(NS(C)(=O)=O)ccc21. The van der Waals surface area contributed by atoms with Crippen molar-refractivity contribution in [1.82, 2.24) is 0 Å². The maximum absolute atomic E-state index is 13.1. The number of anilines is 1. The van der Waals surface area contributed by atoms with E-state index in [1.165, 1.54) is 0 Å². The molecular weight excluding hydrogens is 376 g/mol. The smallest absolute Gasteiger partial charge is 0.307 e. The Kier molecular flexibility index (Phi) is 4.50. The predicted octanol–water partition coefficient (Wildman–Crippen LogP) is 3.06. The highest BCUT2D eigenvalue weighted by atomic mass is 35.5. The third-order valence-corrected chi connectivity index (χ3v) is 5.13. The molecule has 0 fully saturated rings. The lowest BCUT2D eigenvalue weighted by Gasteiger charge is -2.35. The lowest BCUT2D eigenvalue weighted by molar-refractivity contribution is -0.984. The van der Waals surface area contributed by atoms with E-state index < -0.39 is 15.9 Å². The van der Waals surface area contributed by atoms with Crippen LogP contribution in [0.1, 0.15) is 22.6 Å². The van der Waals surface area contributed by atoms with Gasteiger partial charge in [-0.1, -0.05) is 28.4 Å². The average Bonchev–Trinajstić information content (AvgIpc) is 2.50. The minimum absolute atomic E-state index is 0.133. The van der Waals surface area contributed by atoms with Gasteiger partial charge >= 0.3 is 5.91 Å². The van der Waals surface area contributed by atoms with Crippen LogP contribution in [0.5, 0.6) is 5.75 Å². The van der Waals surface area contributed by atoms with Crippen LogP contribution in [0.25, 0.3) is 0 Å². The molecule has 0 bridgehead atoms. The van der Waals surface area contributed by atoms with Gasteiger partial charge in [0.25, 0.3) is 0 Å². The molecule has 3 rings (SSSR count). The number of benzene rings is 2. The van der Waals surface area contributed by atoms with E-state index in [-0.39, 0.29) is 10.6 Å². The second-order valence-electron chi connectivity index (χ2n) is 6.84. The lowest BCUT2D eigenvalue weighted by Crippen LogP contribution is -2.53. The Labute approximate surface area is 157 Å². The highest BCUT2D eigenvalue weighted by Gasteiger charge is 2.46. The van der Waals surface area contributed by atoms with E-state index in [1.54, 1.807) is 44.4 Å². The number of fused-ring (bicyclic) bond motifs is 1. The first kappa shape index (κ1) is 18.7. The molecule has 0 radical (unpaired) electrons. The summed E-state index contributed by atoms with van der Waals surface area (Å²) in [4.78, 5) is 18.9. The number of hydroxylamine groups is 3. The molecule has 6 nitrogen and oxygen atoms in total. The minimum Gasteiger partial charge on any atom is -0.307 e. The monoisotopic (exact) mass is 395 g/mol. The summed E-state index contributed by atoms with van der Waals surface area (Å²) in [6, 6.07) is 10.4. The number of carbonyl (C=O) groups is 1. The van der Waals surface area contributed by atoms with Crippen LogP contribution in [0.15, 0.2) is 36.4 Å². The first-order chi connectivity index (χ1) is 12.0. The molecule has 0 saturated heterocycles. The van der Waals surface area contributed by atoms with E-state index >= 15 is 0 Å². The Bertz CT molecular complexity index is 1000. The maximum atomic E-state index is 13.1. The zero-order valence-electron chi connectivity index (χ0n) is 14.9. The number of likely N-dealkylation sites (N-methyl/N-ethyl adjacent to an activating group) is 1. The third kappa shape index (κ3) is 3.56. The summed E-state index contributed by atoms with van der Waals surface area (Å²) in [7, 11) is -0.121. The van der Waals surface area contributed by atoms with Crippen LogP contribution >= 0.6 is 11.6 Å². The maximum Gasteiger partial charge on any atom is 0.366 e. The van der Waals surface area contributed by atoms with Crippen LogP contribution in [-0.2, 0) is 14.8 Å². The fourth-order valence-electron chi connectivity index (χ4n) is 3.09. The Morgan fingerprint density at radius 1 is 1.12 bits per heavy atom. The largest absolute Gasteiger partial charge is 0.366 e. The Hall–Kier alpha value is -2.09. The number of sulfonamides is 1. The van der Waals surface area contributed by atoms with Gasteiger partial charge in [-0.25, -0.2) is 13.2 Å². The molecule has 1 aliphatic heterocycles. The molecule has 138 valence electrons. The van der Waals surface area contributed by atoms with Crippen molar-refractivity contribution in [2.45, 2.75) is 12.8 Å². The fourth-order valence-corrected chi connectivity index (χ4v) is 3.82. The summed E-state index contributed by atoms with van der Waals surface area (Å²) in [5.74, 6) is -0.237. The van der Waals surface area contributed by atoms with Crippen molar-refractivity contribution in [3.8, 4) is 5.75 Å². The highest BCUT2D eigenvalue weighted by molar-refractivity contribution is 7.92. The van der Waals surface area contributed by atoms with Gasteiger partial charge in [-0.3, -0.25) is 4.72 Å². The molecule has 2 aromatic rings. The number of hydrogen-bond acceptors (Lipinski definition) is 4. The molecular formula is C18H20ClN2O4S+. The van der Waals surface area contributed by atoms with Gasteiger partial charge in [0.1, 0.15) is 20.0 Å². The van der Waals surface area contributed by atoms with Gasteiger partial charge in [0.15, 0.2) is 5.75 Å². The fraction of sp³-hybridized carbons (Fsp3) is 0.278. The van der Waals surface area contributed by atoms with Crippen molar-refractivity contribution in [3.05, 3.63) is 58.1 Å². The van der Waals surface area contributed by atoms with Crippen LogP contribution < -0.4 is 9.56 Å². The lowest BCUT2D eigenvalue weighted by atomic mass is 9.86. The van der Waals surface area contributed by atoms with E-state index in [0.717, 1.165) is 17.4 Å². The molecule has 8 heteroatoms. The van der Waals surface area contributed by atoms with Gasteiger partial charge in [0.05, 0.1) is 11.9 Å². The number of nitrogens with one attached hydrogen (secondary N) is 1. The second kappa shape index (κ2) is 6.26. The van der Waals surface area contributed by atoms with Gasteiger partial charge < -0.3 is 4.84 Å². The molecule has 1 amide bonds. The minimum atomic E-state index is -3.42. The molecule has 0 spiro atoms. The number of rotatable bonds is 3. The van der Waals surface area contributed by atoms with E-state index in [1.807, 2.05) is 13.0 Å². The number of carbonyl (C=O) groups excluding carboxylic acids is 1. The van der Waals surface area contributed by atoms with Crippen molar-refractivity contribution >= 4 is 33.2 Å². The second-order valence-corrected chi connectivity index (χ2v) is 9.03. The van der Waals surface area contributed by atoms with E-state index in [0.29, 0.717) is 22.0 Å². The summed E-state index contributed by atoms with van der Waals surface area (Å²) < 4.78 is 25.1. The first-order valence-electron chi connectivity index (χ1n) is 7.94. The third-order valence-electron chi connectivity index (χ3n) is 4.28. The van der Waals surface area contributed by atoms with Gasteiger partial charge in [-0.05, 0) is 36.2 Å². The van der Waals surface area contributed by atoms with Crippen LogP contribution in [0.2, 0.25) is 5.02 Å². The van der Waals surface area contributed by atoms with Gasteiger partial charge in [-0.15, -0.1) is 0 Å². The number of hydrogen-bond donors (Lipinski definition) is 1. The van der Waals surface area contributed by atoms with Crippen molar-refractivity contribution in [2.24, 2.45) is 0 Å². The summed E-state index contributed by atoms with van der Waals surface area (Å²) >= 11 is 6.16. The topological polar surface area (TPSA) is 72.5 Å². The molecule has 2 aromatic carbocycles. The van der Waals surface area contributed by atoms with Gasteiger partial charge in [-0.2, -0.15) is 0 Å². The van der Waals surface area contributed by atoms with Gasteiger partial charge in [0.2, 0.25) is 10.0 Å². The Morgan fingerprint density at radius 3 is 2.46 bits per heavy atom. The number of nitrogens with zero attached hydrogens (tertiary/aromatic N) is 1. The van der Waals surface area contributed by atoms with E-state index in [2.05, 4.69) is 4.72 Å². The molecule has 0 saturated carbocycles. The standard InChI is InChI=1S/C18H20ClN2O4S/c1-11-5-6-12(19)9-15(11)17-14-8-7-13(20-26(4,23)24)10-16(14)25-21(2,3)18(17)22/h5-10,17,20H,1-4H3/q+1. The van der Waals surface area contributed by atoms with E-state index in [4.69, 9.17) is 16.4 Å². The van der Waals surface area contributed by atoms with Gasteiger partial charge in [0, 0.05) is 16.7 Å². The van der Waals surface area contributed by atoms with Crippen LogP contribution in [0.4, 0.5) is 5.69 Å². The average molecular weight is 396 g/mol. The number of aryl methyl sites for hydroxylation is 1. The first-order valence-corrected chi connectivity index (χ1v) is 10.2. The molecule has 26 heavy (non-hydrogen) atoms. The predicted molar refractivity (Wildman–Crippen MR) is 101 cm³/mol. The van der Waals surface area contributed by atoms with Crippen molar-refractivity contribution in [1.29, 1.82) is 0 Å². The summed E-state index contributed by atoms with van der Waals surface area (Å²) in [6.45, 7) is 1.92. The number of amides is 1. The molecule has 1 atom stereocenters. The van der Waals surface area contributed by atoms with Crippen LogP contribution in [0.3, 0.4) is 0 Å². The normalized spacial score (nSPS) is 18.8. The Morgan fingerprint density at radius 2 is 1.81 bits per heavy atom. The molecule has 1 unspecified atom stereocenters. The molecule has 1 heterocycles. The molecule has 0 aromatic heterocycles.